The average Bonchev–Trinajstić information content (AvgIpc) is 2.32. The van der Waals surface area contributed by atoms with Gasteiger partial charge in [0.05, 0.1) is 11.6 Å². The van der Waals surface area contributed by atoms with Crippen molar-refractivity contribution in [3.05, 3.63) is 0 Å². The van der Waals surface area contributed by atoms with Crippen LogP contribution in [0.2, 0.25) is 0 Å². The van der Waals surface area contributed by atoms with Gasteiger partial charge in [-0.05, 0) is 20.3 Å². The lowest BCUT2D eigenvalue weighted by Gasteiger charge is -2.25. The number of hydrogen-bond donors (Lipinski definition) is 2. The second-order valence-electron chi connectivity index (χ2n) is 3.92. The number of rotatable bonds is 1. The predicted molar refractivity (Wildman–Crippen MR) is 45.5 cm³/mol. The van der Waals surface area contributed by atoms with Crippen molar-refractivity contribution in [3.63, 3.8) is 0 Å². The van der Waals surface area contributed by atoms with Crippen molar-refractivity contribution in [1.29, 1.82) is 0 Å². The third kappa shape index (κ3) is 1.95. The van der Waals surface area contributed by atoms with Gasteiger partial charge in [0, 0.05) is 13.1 Å². The standard InChI is InChI=1S/C8H16N2O2/c1-8(2,9)7(12)10-4-3-6(11)5-10/h6,11H,3-5,9H2,1-2H3. The molecule has 12 heavy (non-hydrogen) atoms. The Kier molecular flexibility index (Phi) is 2.39. The highest BCUT2D eigenvalue weighted by Crippen LogP contribution is 2.13. The molecule has 0 aromatic carbocycles. The Morgan fingerprint density at radius 3 is 2.58 bits per heavy atom. The van der Waals surface area contributed by atoms with Crippen molar-refractivity contribution >= 4 is 5.91 Å². The highest BCUT2D eigenvalue weighted by molar-refractivity contribution is 5.85. The first-order valence-corrected chi connectivity index (χ1v) is 4.17. The van der Waals surface area contributed by atoms with E-state index in [0.717, 1.165) is 0 Å². The molecule has 0 aromatic heterocycles. The van der Waals surface area contributed by atoms with Gasteiger partial charge in [-0.1, -0.05) is 0 Å². The maximum atomic E-state index is 11.5. The van der Waals surface area contributed by atoms with Gasteiger partial charge in [0.2, 0.25) is 5.91 Å². The summed E-state index contributed by atoms with van der Waals surface area (Å²) < 4.78 is 0. The minimum atomic E-state index is -0.815. The van der Waals surface area contributed by atoms with E-state index >= 15 is 0 Å². The fourth-order valence-electron chi connectivity index (χ4n) is 1.33. The Labute approximate surface area is 72.3 Å². The first-order chi connectivity index (χ1) is 5.41. The molecule has 1 saturated heterocycles. The second kappa shape index (κ2) is 3.03. The molecule has 1 amide bonds. The van der Waals surface area contributed by atoms with E-state index in [0.29, 0.717) is 19.5 Å². The molecule has 1 fully saturated rings. The summed E-state index contributed by atoms with van der Waals surface area (Å²) in [5.74, 6) is -0.0842. The number of nitrogens with zero attached hydrogens (tertiary/aromatic N) is 1. The van der Waals surface area contributed by atoms with Gasteiger partial charge >= 0.3 is 0 Å². The van der Waals surface area contributed by atoms with E-state index in [4.69, 9.17) is 5.73 Å². The van der Waals surface area contributed by atoms with Crippen molar-refractivity contribution in [2.45, 2.75) is 31.9 Å². The first-order valence-electron chi connectivity index (χ1n) is 4.17. The van der Waals surface area contributed by atoms with Crippen LogP contribution in [-0.2, 0) is 4.79 Å². The fourth-order valence-corrected chi connectivity index (χ4v) is 1.33. The number of carbonyl (C=O) groups excluding carboxylic acids is 1. The zero-order valence-electron chi connectivity index (χ0n) is 7.58. The number of aliphatic hydroxyl groups is 1. The number of nitrogens with two attached hydrogens (primary N) is 1. The van der Waals surface area contributed by atoms with Crippen LogP contribution in [0.1, 0.15) is 20.3 Å². The SMILES string of the molecule is CC(C)(N)C(=O)N1CCC(O)C1. The first kappa shape index (κ1) is 9.48. The third-order valence-electron chi connectivity index (χ3n) is 2.00. The molecule has 1 atom stereocenters. The molecule has 0 aromatic rings. The van der Waals surface area contributed by atoms with E-state index < -0.39 is 5.54 Å². The smallest absolute Gasteiger partial charge is 0.242 e. The topological polar surface area (TPSA) is 66.6 Å². The molecular formula is C8H16N2O2. The summed E-state index contributed by atoms with van der Waals surface area (Å²) in [5, 5.41) is 9.18. The third-order valence-corrected chi connectivity index (χ3v) is 2.00. The number of amides is 1. The van der Waals surface area contributed by atoms with Crippen LogP contribution in [0.5, 0.6) is 0 Å². The molecule has 0 spiro atoms. The highest BCUT2D eigenvalue weighted by atomic mass is 16.3. The Morgan fingerprint density at radius 2 is 2.25 bits per heavy atom. The van der Waals surface area contributed by atoms with Crippen LogP contribution in [0.4, 0.5) is 0 Å². The molecule has 1 unspecified atom stereocenters. The van der Waals surface area contributed by atoms with Crippen LogP contribution >= 0.6 is 0 Å². The Morgan fingerprint density at radius 1 is 1.67 bits per heavy atom. The highest BCUT2D eigenvalue weighted by Gasteiger charge is 2.32. The molecule has 1 aliphatic rings. The van der Waals surface area contributed by atoms with Gasteiger partial charge in [0.15, 0.2) is 0 Å². The number of hydrogen-bond acceptors (Lipinski definition) is 3. The van der Waals surface area contributed by atoms with Crippen molar-refractivity contribution < 1.29 is 9.90 Å². The van der Waals surface area contributed by atoms with Crippen LogP contribution < -0.4 is 5.73 Å². The maximum absolute atomic E-state index is 11.5. The average molecular weight is 172 g/mol. The number of aliphatic hydroxyl groups excluding tert-OH is 1. The van der Waals surface area contributed by atoms with E-state index in [2.05, 4.69) is 0 Å². The van der Waals surface area contributed by atoms with Gasteiger partial charge in [0.1, 0.15) is 0 Å². The molecule has 1 aliphatic heterocycles. The van der Waals surface area contributed by atoms with Crippen molar-refractivity contribution in [1.82, 2.24) is 4.90 Å². The molecule has 4 heteroatoms. The molecule has 0 bridgehead atoms. The zero-order chi connectivity index (χ0) is 9.35. The van der Waals surface area contributed by atoms with E-state index in [1.807, 2.05) is 0 Å². The van der Waals surface area contributed by atoms with Crippen molar-refractivity contribution in [2.75, 3.05) is 13.1 Å². The van der Waals surface area contributed by atoms with Crippen LogP contribution in [-0.4, -0.2) is 40.6 Å². The Hall–Kier alpha value is -0.610. The van der Waals surface area contributed by atoms with Crippen molar-refractivity contribution in [2.24, 2.45) is 5.73 Å². The molecule has 1 rings (SSSR count). The molecule has 0 aliphatic carbocycles. The van der Waals surface area contributed by atoms with E-state index in [-0.39, 0.29) is 12.0 Å². The predicted octanol–water partition coefficient (Wildman–Crippen LogP) is -0.683. The molecule has 70 valence electrons. The summed E-state index contributed by atoms with van der Waals surface area (Å²) in [5.41, 5.74) is 4.82. The lowest BCUT2D eigenvalue weighted by atomic mass is 10.1. The van der Waals surface area contributed by atoms with E-state index in [1.54, 1.807) is 18.7 Å². The normalized spacial score (nSPS) is 24.7. The number of β-amino-alcohol motifs (C(OH)–C–C–N with tert-alkyl or cyclic N) is 1. The van der Waals surface area contributed by atoms with Gasteiger partial charge in [-0.15, -0.1) is 0 Å². The number of carbonyl (C=O) groups is 1. The van der Waals surface area contributed by atoms with Gasteiger partial charge in [-0.2, -0.15) is 0 Å². The molecule has 0 saturated carbocycles. The van der Waals surface area contributed by atoms with Crippen LogP contribution in [0, 0.1) is 0 Å². The minimum Gasteiger partial charge on any atom is -0.391 e. The zero-order valence-corrected chi connectivity index (χ0v) is 7.58. The summed E-state index contributed by atoms with van der Waals surface area (Å²) in [6, 6.07) is 0. The molecule has 0 radical (unpaired) electrons. The monoisotopic (exact) mass is 172 g/mol. The quantitative estimate of drug-likeness (QED) is 0.550. The van der Waals surface area contributed by atoms with Crippen LogP contribution in [0.25, 0.3) is 0 Å². The molecule has 3 N–H and O–H groups in total. The van der Waals surface area contributed by atoms with Gasteiger partial charge < -0.3 is 15.7 Å². The second-order valence-corrected chi connectivity index (χ2v) is 3.92. The van der Waals surface area contributed by atoms with Crippen LogP contribution in [0.15, 0.2) is 0 Å². The van der Waals surface area contributed by atoms with Gasteiger partial charge in [0.25, 0.3) is 0 Å². The fraction of sp³-hybridized carbons (Fsp3) is 0.875. The van der Waals surface area contributed by atoms with E-state index in [9.17, 15) is 9.90 Å². The lowest BCUT2D eigenvalue weighted by Crippen LogP contribution is -2.50. The molecular weight excluding hydrogens is 156 g/mol. The minimum absolute atomic E-state index is 0.0842. The van der Waals surface area contributed by atoms with Gasteiger partial charge in [-0.25, -0.2) is 0 Å². The summed E-state index contributed by atoms with van der Waals surface area (Å²) in [4.78, 5) is 13.1. The Balaban J connectivity index is 2.55. The summed E-state index contributed by atoms with van der Waals surface area (Å²) in [6.45, 7) is 4.42. The summed E-state index contributed by atoms with van der Waals surface area (Å²) in [7, 11) is 0. The Bertz CT molecular complexity index is 186. The lowest BCUT2D eigenvalue weighted by molar-refractivity contribution is -0.135. The maximum Gasteiger partial charge on any atom is 0.242 e. The largest absolute Gasteiger partial charge is 0.391 e. The number of likely N-dealkylation sites (tertiary alicyclic amines) is 1. The summed E-state index contributed by atoms with van der Waals surface area (Å²) >= 11 is 0. The van der Waals surface area contributed by atoms with Crippen LogP contribution in [0.3, 0.4) is 0 Å². The summed E-state index contributed by atoms with van der Waals surface area (Å²) in [6.07, 6.45) is 0.304. The molecule has 4 nitrogen and oxygen atoms in total. The van der Waals surface area contributed by atoms with E-state index in [1.165, 1.54) is 0 Å². The molecule has 1 heterocycles. The van der Waals surface area contributed by atoms with Gasteiger partial charge in [-0.3, -0.25) is 4.79 Å². The van der Waals surface area contributed by atoms with Crippen molar-refractivity contribution in [3.8, 4) is 0 Å².